The second kappa shape index (κ2) is 8.48. The normalized spacial score (nSPS) is 19.8. The van der Waals surface area contributed by atoms with Gasteiger partial charge >= 0.3 is 0 Å². The summed E-state index contributed by atoms with van der Waals surface area (Å²) < 4.78 is 0. The monoisotopic (exact) mass is 468 g/mol. The van der Waals surface area contributed by atoms with Gasteiger partial charge in [0.05, 0.1) is 12.6 Å². The van der Waals surface area contributed by atoms with E-state index in [0.29, 0.717) is 44.4 Å². The second-order valence-corrected chi connectivity index (χ2v) is 9.73. The third kappa shape index (κ3) is 4.01. The Labute approximate surface area is 198 Å². The fourth-order valence-electron chi connectivity index (χ4n) is 4.98. The zero-order chi connectivity index (χ0) is 23.3. The first-order valence-corrected chi connectivity index (χ1v) is 12.0. The van der Waals surface area contributed by atoms with E-state index in [1.165, 1.54) is 11.1 Å². The van der Waals surface area contributed by atoms with Gasteiger partial charge in [-0.05, 0) is 49.9 Å². The maximum atomic E-state index is 13.2. The zero-order valence-corrected chi connectivity index (χ0v) is 20.0. The number of nitrogens with zero attached hydrogens (tertiary/aromatic N) is 5. The van der Waals surface area contributed by atoms with Crippen LogP contribution in [0.3, 0.4) is 0 Å². The Morgan fingerprint density at radius 2 is 1.94 bits per heavy atom. The first kappa shape index (κ1) is 21.9. The van der Waals surface area contributed by atoms with Crippen LogP contribution in [-0.4, -0.2) is 63.8 Å². The summed E-state index contributed by atoms with van der Waals surface area (Å²) in [6, 6.07) is 6.23. The van der Waals surface area contributed by atoms with Crippen LogP contribution in [0.15, 0.2) is 18.2 Å². The highest BCUT2D eigenvalue weighted by atomic mass is 35.5. The molecule has 0 saturated carbocycles. The van der Waals surface area contributed by atoms with Gasteiger partial charge in [0.25, 0.3) is 5.91 Å². The third-order valence-corrected chi connectivity index (χ3v) is 7.15. The lowest BCUT2D eigenvalue weighted by atomic mass is 10.1. The van der Waals surface area contributed by atoms with Crippen molar-refractivity contribution in [2.24, 2.45) is 0 Å². The molecule has 1 aliphatic carbocycles. The zero-order valence-electron chi connectivity index (χ0n) is 19.3. The van der Waals surface area contributed by atoms with E-state index >= 15 is 0 Å². The molecule has 3 aliphatic rings. The predicted molar refractivity (Wildman–Crippen MR) is 128 cm³/mol. The Morgan fingerprint density at radius 3 is 2.64 bits per heavy atom. The van der Waals surface area contributed by atoms with Crippen LogP contribution in [0.4, 0.5) is 11.8 Å². The highest BCUT2D eigenvalue weighted by Crippen LogP contribution is 2.38. The minimum atomic E-state index is -0.0484. The second-order valence-electron chi connectivity index (χ2n) is 9.30. The largest absolute Gasteiger partial charge is 0.363 e. The number of carbonyl (C=O) groups excluding carboxylic acids is 2. The van der Waals surface area contributed by atoms with Gasteiger partial charge in [0.1, 0.15) is 11.5 Å². The molecule has 1 saturated heterocycles. The number of benzene rings is 1. The van der Waals surface area contributed by atoms with E-state index in [4.69, 9.17) is 21.6 Å². The Hall–Kier alpha value is -2.87. The van der Waals surface area contributed by atoms with E-state index in [-0.39, 0.29) is 23.9 Å². The summed E-state index contributed by atoms with van der Waals surface area (Å²) in [5.74, 6) is 1.31. The van der Waals surface area contributed by atoms with Gasteiger partial charge in [0, 0.05) is 49.7 Å². The lowest BCUT2D eigenvalue weighted by molar-refractivity contribution is -0.129. The summed E-state index contributed by atoms with van der Waals surface area (Å²) in [4.78, 5) is 40.2. The maximum absolute atomic E-state index is 13.2. The predicted octanol–water partition coefficient (Wildman–Crippen LogP) is 3.26. The number of nitrogens with one attached hydrogen (secondary N) is 1. The van der Waals surface area contributed by atoms with Gasteiger partial charge in [-0.15, -0.1) is 0 Å². The van der Waals surface area contributed by atoms with E-state index < -0.39 is 0 Å². The molecule has 33 heavy (non-hydrogen) atoms. The topological polar surface area (TPSA) is 81.7 Å². The van der Waals surface area contributed by atoms with Gasteiger partial charge < -0.3 is 20.0 Å². The molecular formula is C24H29ClN6O2. The summed E-state index contributed by atoms with van der Waals surface area (Å²) in [6.07, 6.45) is 1.90. The molecule has 1 aromatic heterocycles. The molecule has 1 N–H and O–H groups in total. The molecule has 8 nitrogen and oxygen atoms in total. The average Bonchev–Trinajstić information content (AvgIpc) is 3.34. The molecule has 9 heteroatoms. The van der Waals surface area contributed by atoms with Crippen molar-refractivity contribution in [1.29, 1.82) is 0 Å². The van der Waals surface area contributed by atoms with E-state index in [0.717, 1.165) is 29.2 Å². The van der Waals surface area contributed by atoms with E-state index in [1.807, 2.05) is 35.8 Å². The fourth-order valence-corrected chi connectivity index (χ4v) is 5.17. The molecule has 5 rings (SSSR count). The minimum Gasteiger partial charge on any atom is -0.363 e. The summed E-state index contributed by atoms with van der Waals surface area (Å²) in [7, 11) is 0. The molecule has 1 aromatic carbocycles. The van der Waals surface area contributed by atoms with Crippen LogP contribution in [0.5, 0.6) is 0 Å². The molecule has 2 amide bonds. The van der Waals surface area contributed by atoms with Gasteiger partial charge in [-0.3, -0.25) is 9.59 Å². The van der Waals surface area contributed by atoms with Crippen molar-refractivity contribution >= 4 is 35.2 Å². The molecule has 0 radical (unpaired) electrons. The number of fused-ring (bicyclic) bond motifs is 2. The molecule has 2 aromatic rings. The van der Waals surface area contributed by atoms with E-state index in [1.54, 1.807) is 6.92 Å². The van der Waals surface area contributed by atoms with Gasteiger partial charge in [0.15, 0.2) is 0 Å². The van der Waals surface area contributed by atoms with Gasteiger partial charge in [-0.1, -0.05) is 17.7 Å². The number of aryl methyl sites for hydroxylation is 1. The highest BCUT2D eigenvalue weighted by molar-refractivity contribution is 6.30. The van der Waals surface area contributed by atoms with E-state index in [2.05, 4.69) is 16.3 Å². The van der Waals surface area contributed by atoms with Crippen molar-refractivity contribution < 1.29 is 9.59 Å². The quantitative estimate of drug-likeness (QED) is 0.741. The minimum absolute atomic E-state index is 0.0484. The van der Waals surface area contributed by atoms with Crippen molar-refractivity contribution in [3.63, 3.8) is 0 Å². The average molecular weight is 469 g/mol. The first-order chi connectivity index (χ1) is 15.8. The van der Waals surface area contributed by atoms with Crippen molar-refractivity contribution in [2.45, 2.75) is 52.2 Å². The van der Waals surface area contributed by atoms with Crippen molar-refractivity contribution in [3.8, 4) is 0 Å². The van der Waals surface area contributed by atoms with Crippen LogP contribution in [0.25, 0.3) is 0 Å². The van der Waals surface area contributed by atoms with Crippen LogP contribution in [0.2, 0.25) is 5.02 Å². The number of aromatic nitrogens is 2. The number of carbonyl (C=O) groups is 2. The van der Waals surface area contributed by atoms with Crippen LogP contribution in [0.1, 0.15) is 60.4 Å². The Morgan fingerprint density at radius 1 is 1.18 bits per heavy atom. The fraction of sp³-hybridized carbons (Fsp3) is 0.500. The molecular weight excluding hydrogens is 440 g/mol. The third-order valence-electron chi connectivity index (χ3n) is 6.91. The maximum Gasteiger partial charge on any atom is 0.273 e. The molecule has 174 valence electrons. The Kier molecular flexibility index (Phi) is 5.64. The molecule has 0 bridgehead atoms. The molecule has 2 aliphatic heterocycles. The van der Waals surface area contributed by atoms with Gasteiger partial charge in [-0.25, -0.2) is 4.98 Å². The number of anilines is 2. The number of piperazine rings is 1. The first-order valence-electron chi connectivity index (χ1n) is 11.6. The van der Waals surface area contributed by atoms with Crippen molar-refractivity contribution in [1.82, 2.24) is 19.8 Å². The van der Waals surface area contributed by atoms with E-state index in [9.17, 15) is 9.59 Å². The summed E-state index contributed by atoms with van der Waals surface area (Å²) in [6.45, 7) is 8.67. The van der Waals surface area contributed by atoms with Gasteiger partial charge in [-0.2, -0.15) is 4.98 Å². The molecule has 0 spiro atoms. The van der Waals surface area contributed by atoms with Crippen LogP contribution in [0, 0.1) is 0 Å². The lowest BCUT2D eigenvalue weighted by Crippen LogP contribution is -2.48. The van der Waals surface area contributed by atoms with Crippen LogP contribution < -0.4 is 10.2 Å². The number of rotatable bonds is 4. The summed E-state index contributed by atoms with van der Waals surface area (Å²) >= 11 is 6.19. The molecule has 1 fully saturated rings. The van der Waals surface area contributed by atoms with Crippen molar-refractivity contribution in [2.75, 3.05) is 36.4 Å². The number of hydrogen-bond acceptors (Lipinski definition) is 6. The highest BCUT2D eigenvalue weighted by Gasteiger charge is 2.36. The standard InChI is InChI=1S/C24H29ClN6O2/c1-14(2)31-13-19-21(23(31)33)27-24(30-10-8-29(9-11-30)15(3)32)28-22(19)26-20-7-4-16-12-17(25)5-6-18(16)20/h5-6,12,14,20H,4,7-11,13H2,1-3H3,(H,26,27,28). The SMILES string of the molecule is CC(=O)N1CCN(c2nc(NC3CCc4cc(Cl)ccc43)c3c(n2)C(=O)N(C(C)C)C3)CC1. The molecule has 1 atom stereocenters. The smallest absolute Gasteiger partial charge is 0.273 e. The number of hydrogen-bond donors (Lipinski definition) is 1. The summed E-state index contributed by atoms with van der Waals surface area (Å²) in [5, 5.41) is 4.39. The lowest BCUT2D eigenvalue weighted by Gasteiger charge is -2.34. The Balaban J connectivity index is 1.48. The molecule has 1 unspecified atom stereocenters. The molecule has 3 heterocycles. The van der Waals surface area contributed by atoms with Gasteiger partial charge in [0.2, 0.25) is 11.9 Å². The Bertz CT molecular complexity index is 1110. The van der Waals surface area contributed by atoms with Crippen molar-refractivity contribution in [3.05, 3.63) is 45.6 Å². The number of amides is 2. The number of halogens is 1. The van der Waals surface area contributed by atoms with Crippen LogP contribution in [-0.2, 0) is 17.8 Å². The summed E-state index contributed by atoms with van der Waals surface area (Å²) in [5.41, 5.74) is 3.83. The van der Waals surface area contributed by atoms with Crippen LogP contribution >= 0.6 is 11.6 Å².